The highest BCUT2D eigenvalue weighted by Gasteiger charge is 2.10. The van der Waals surface area contributed by atoms with Crippen molar-refractivity contribution in [1.82, 2.24) is 19.4 Å². The van der Waals surface area contributed by atoms with Gasteiger partial charge in [0.2, 0.25) is 5.91 Å². The maximum atomic E-state index is 12.3. The number of amides is 1. The van der Waals surface area contributed by atoms with Crippen LogP contribution in [0.2, 0.25) is 0 Å². The maximum absolute atomic E-state index is 12.3. The zero-order chi connectivity index (χ0) is 19.5. The molecule has 0 radical (unpaired) electrons. The highest BCUT2D eigenvalue weighted by atomic mass is 16.2. The predicted molar refractivity (Wildman–Crippen MR) is 108 cm³/mol. The summed E-state index contributed by atoms with van der Waals surface area (Å²) in [6, 6.07) is 17.0. The third kappa shape index (κ3) is 3.46. The molecule has 4 aromatic rings. The van der Waals surface area contributed by atoms with Crippen molar-refractivity contribution in [2.75, 3.05) is 6.54 Å². The topological polar surface area (TPSA) is 88.9 Å². The molecule has 0 aliphatic heterocycles. The normalized spacial score (nSPS) is 11.1. The molecule has 0 unspecified atom stereocenters. The molecule has 2 aromatic carbocycles. The summed E-state index contributed by atoms with van der Waals surface area (Å²) in [6.45, 7) is 1.15. The first-order chi connectivity index (χ1) is 13.6. The van der Waals surface area contributed by atoms with Gasteiger partial charge in [0.05, 0.1) is 10.9 Å². The first-order valence-corrected chi connectivity index (χ1v) is 9.16. The number of fused-ring (bicyclic) bond motifs is 2. The lowest BCUT2D eigenvalue weighted by atomic mass is 10.2. The number of carbonyl (C=O) groups excluding carboxylic acids is 1. The van der Waals surface area contributed by atoms with E-state index in [9.17, 15) is 14.4 Å². The first-order valence-electron chi connectivity index (χ1n) is 9.16. The van der Waals surface area contributed by atoms with Crippen LogP contribution in [-0.4, -0.2) is 26.6 Å². The number of aromatic amines is 1. The molecule has 0 aliphatic rings. The van der Waals surface area contributed by atoms with Gasteiger partial charge in [0.15, 0.2) is 0 Å². The second-order valence-electron chi connectivity index (χ2n) is 6.63. The summed E-state index contributed by atoms with van der Waals surface area (Å²) in [4.78, 5) is 38.6. The molecule has 4 rings (SSSR count). The molecule has 1 amide bonds. The average molecular weight is 376 g/mol. The summed E-state index contributed by atoms with van der Waals surface area (Å²) < 4.78 is 3.44. The van der Waals surface area contributed by atoms with Crippen LogP contribution in [0.5, 0.6) is 0 Å². The number of hydrogen-bond acceptors (Lipinski definition) is 3. The van der Waals surface area contributed by atoms with Gasteiger partial charge in [0.1, 0.15) is 6.54 Å². The van der Waals surface area contributed by atoms with Crippen LogP contribution in [0.3, 0.4) is 0 Å². The molecule has 7 heteroatoms. The monoisotopic (exact) mass is 376 g/mol. The number of nitrogens with zero attached hydrogens (tertiary/aromatic N) is 2. The van der Waals surface area contributed by atoms with Crippen LogP contribution in [0.1, 0.15) is 6.42 Å². The smallest absolute Gasteiger partial charge is 0.329 e. The van der Waals surface area contributed by atoms with Crippen molar-refractivity contribution < 1.29 is 4.79 Å². The van der Waals surface area contributed by atoms with Gasteiger partial charge in [-0.2, -0.15) is 0 Å². The Morgan fingerprint density at radius 2 is 1.71 bits per heavy atom. The van der Waals surface area contributed by atoms with E-state index in [1.807, 2.05) is 18.3 Å². The third-order valence-corrected chi connectivity index (χ3v) is 4.78. The predicted octanol–water partition coefficient (Wildman–Crippen LogP) is 1.85. The van der Waals surface area contributed by atoms with Crippen molar-refractivity contribution in [3.05, 3.63) is 81.6 Å². The zero-order valence-corrected chi connectivity index (χ0v) is 15.2. The number of rotatable bonds is 6. The molecule has 28 heavy (non-hydrogen) atoms. The van der Waals surface area contributed by atoms with Crippen LogP contribution >= 0.6 is 0 Å². The summed E-state index contributed by atoms with van der Waals surface area (Å²) in [5.74, 6) is -0.267. The number of para-hydroxylation sites is 2. The number of hydrogen-bond donors (Lipinski definition) is 2. The van der Waals surface area contributed by atoms with E-state index in [1.54, 1.807) is 24.3 Å². The molecule has 0 spiro atoms. The molecular formula is C21H20N4O3. The van der Waals surface area contributed by atoms with E-state index >= 15 is 0 Å². The lowest BCUT2D eigenvalue weighted by Crippen LogP contribution is -2.36. The Kier molecular flexibility index (Phi) is 4.80. The van der Waals surface area contributed by atoms with Crippen LogP contribution < -0.4 is 16.6 Å². The molecule has 0 fully saturated rings. The number of nitrogens with one attached hydrogen (secondary N) is 2. The molecule has 0 atom stereocenters. The van der Waals surface area contributed by atoms with Gasteiger partial charge in [-0.3, -0.25) is 19.1 Å². The van der Waals surface area contributed by atoms with E-state index in [0.717, 1.165) is 13.0 Å². The van der Waals surface area contributed by atoms with Gasteiger partial charge in [-0.1, -0.05) is 30.3 Å². The van der Waals surface area contributed by atoms with Gasteiger partial charge in [0.25, 0.3) is 5.56 Å². The third-order valence-electron chi connectivity index (χ3n) is 4.78. The van der Waals surface area contributed by atoms with Crippen molar-refractivity contribution in [2.45, 2.75) is 19.5 Å². The molecular weight excluding hydrogens is 356 g/mol. The number of benzene rings is 2. The van der Waals surface area contributed by atoms with Crippen LogP contribution in [-0.2, 0) is 17.9 Å². The molecule has 0 bridgehead atoms. The van der Waals surface area contributed by atoms with Crippen molar-refractivity contribution in [3.63, 3.8) is 0 Å². The molecule has 2 aromatic heterocycles. The number of aryl methyl sites for hydroxylation is 1. The van der Waals surface area contributed by atoms with E-state index < -0.39 is 11.2 Å². The number of carbonyl (C=O) groups is 1. The molecule has 2 N–H and O–H groups in total. The van der Waals surface area contributed by atoms with Crippen molar-refractivity contribution in [2.24, 2.45) is 0 Å². The van der Waals surface area contributed by atoms with Crippen molar-refractivity contribution in [1.29, 1.82) is 0 Å². The molecule has 7 nitrogen and oxygen atoms in total. The summed E-state index contributed by atoms with van der Waals surface area (Å²) in [5, 5.41) is 4.42. The SMILES string of the molecule is O=C(Cn1c(=O)[nH]c(=O)c2ccccc21)NCCCn1ccc2ccccc21. The van der Waals surface area contributed by atoms with Crippen LogP contribution in [0.25, 0.3) is 21.8 Å². The summed E-state index contributed by atoms with van der Waals surface area (Å²) >= 11 is 0. The Labute approximate surface area is 160 Å². The summed E-state index contributed by atoms with van der Waals surface area (Å²) in [5.41, 5.74) is 0.583. The fraction of sp³-hybridized carbons (Fsp3) is 0.190. The first kappa shape index (κ1) is 17.8. The quantitative estimate of drug-likeness (QED) is 0.503. The molecule has 142 valence electrons. The Balaban J connectivity index is 1.38. The average Bonchev–Trinajstić information content (AvgIpc) is 3.12. The van der Waals surface area contributed by atoms with Gasteiger partial charge in [-0.15, -0.1) is 0 Å². The van der Waals surface area contributed by atoms with Crippen molar-refractivity contribution in [3.8, 4) is 0 Å². The van der Waals surface area contributed by atoms with Crippen molar-refractivity contribution >= 4 is 27.7 Å². The fourth-order valence-electron chi connectivity index (χ4n) is 3.41. The Morgan fingerprint density at radius 3 is 2.57 bits per heavy atom. The standard InChI is InChI=1S/C21H20N4O3/c26-19(14-25-18-9-4-2-7-16(18)20(27)23-21(25)28)22-11-5-12-24-13-10-15-6-1-3-8-17(15)24/h1-4,6-10,13H,5,11-12,14H2,(H,22,26)(H,23,27,28). The summed E-state index contributed by atoms with van der Waals surface area (Å²) in [6.07, 6.45) is 2.81. The van der Waals surface area contributed by atoms with E-state index in [4.69, 9.17) is 0 Å². The minimum atomic E-state index is -0.585. The lowest BCUT2D eigenvalue weighted by molar-refractivity contribution is -0.121. The van der Waals surface area contributed by atoms with Gasteiger partial charge in [0, 0.05) is 24.8 Å². The van der Waals surface area contributed by atoms with Crippen LogP contribution in [0, 0.1) is 0 Å². The Bertz CT molecular complexity index is 1270. The van der Waals surface area contributed by atoms with Crippen LogP contribution in [0.4, 0.5) is 0 Å². The van der Waals surface area contributed by atoms with E-state index in [-0.39, 0.29) is 12.5 Å². The van der Waals surface area contributed by atoms with Gasteiger partial charge >= 0.3 is 5.69 Å². The van der Waals surface area contributed by atoms with E-state index in [1.165, 1.54) is 15.5 Å². The Morgan fingerprint density at radius 1 is 0.964 bits per heavy atom. The molecule has 2 heterocycles. The van der Waals surface area contributed by atoms with Gasteiger partial charge < -0.3 is 9.88 Å². The molecule has 0 saturated carbocycles. The Hall–Kier alpha value is -3.61. The van der Waals surface area contributed by atoms with E-state index in [2.05, 4.69) is 33.1 Å². The maximum Gasteiger partial charge on any atom is 0.329 e. The largest absolute Gasteiger partial charge is 0.354 e. The lowest BCUT2D eigenvalue weighted by Gasteiger charge is -2.10. The van der Waals surface area contributed by atoms with Gasteiger partial charge in [-0.05, 0) is 36.1 Å². The summed E-state index contributed by atoms with van der Waals surface area (Å²) in [7, 11) is 0. The molecule has 0 saturated heterocycles. The minimum absolute atomic E-state index is 0.136. The number of aromatic nitrogens is 3. The second-order valence-corrected chi connectivity index (χ2v) is 6.63. The highest BCUT2D eigenvalue weighted by Crippen LogP contribution is 2.15. The highest BCUT2D eigenvalue weighted by molar-refractivity contribution is 5.81. The zero-order valence-electron chi connectivity index (χ0n) is 15.2. The van der Waals surface area contributed by atoms with Crippen LogP contribution in [0.15, 0.2) is 70.4 Å². The van der Waals surface area contributed by atoms with Gasteiger partial charge in [-0.25, -0.2) is 4.79 Å². The minimum Gasteiger partial charge on any atom is -0.354 e. The number of H-pyrrole nitrogens is 1. The second kappa shape index (κ2) is 7.56. The van der Waals surface area contributed by atoms with E-state index in [0.29, 0.717) is 17.4 Å². The fourth-order valence-corrected chi connectivity index (χ4v) is 3.41. The molecule has 0 aliphatic carbocycles.